The molecule has 2 aromatic carbocycles. The highest BCUT2D eigenvalue weighted by Gasteiger charge is 2.25. The summed E-state index contributed by atoms with van der Waals surface area (Å²) in [6.45, 7) is 8.69. The fourth-order valence-corrected chi connectivity index (χ4v) is 4.02. The maximum absolute atomic E-state index is 12.5. The first-order chi connectivity index (χ1) is 13.1. The van der Waals surface area contributed by atoms with Crippen molar-refractivity contribution in [1.29, 1.82) is 0 Å². The van der Waals surface area contributed by atoms with E-state index in [-0.39, 0.29) is 16.2 Å². The van der Waals surface area contributed by atoms with Gasteiger partial charge < -0.3 is 10.1 Å². The molecule has 0 saturated carbocycles. The van der Waals surface area contributed by atoms with Gasteiger partial charge in [0, 0.05) is 5.69 Å². The highest BCUT2D eigenvalue weighted by molar-refractivity contribution is 7.91. The van der Waals surface area contributed by atoms with Crippen molar-refractivity contribution >= 4 is 27.4 Å². The molecule has 2 aromatic rings. The fraction of sp³-hybridized carbons (Fsp3) is 0.333. The van der Waals surface area contributed by atoms with Crippen molar-refractivity contribution in [2.75, 3.05) is 11.1 Å². The molecule has 0 spiro atoms. The molecule has 0 aliphatic rings. The third-order valence-electron chi connectivity index (χ3n) is 4.40. The first kappa shape index (κ1) is 21.6. The Bertz CT molecular complexity index is 988. The predicted octanol–water partition coefficient (Wildman–Crippen LogP) is 3.59. The summed E-state index contributed by atoms with van der Waals surface area (Å²) < 4.78 is 29.6. The molecule has 0 bridgehead atoms. The van der Waals surface area contributed by atoms with Crippen molar-refractivity contribution in [3.63, 3.8) is 0 Å². The second-order valence-electron chi connectivity index (χ2n) is 6.71. The van der Waals surface area contributed by atoms with Crippen LogP contribution in [-0.2, 0) is 19.4 Å². The number of nitrogens with one attached hydrogen (secondary N) is 1. The van der Waals surface area contributed by atoms with Gasteiger partial charge in [0.25, 0.3) is 5.91 Å². The number of rotatable bonds is 6. The van der Waals surface area contributed by atoms with Crippen LogP contribution in [0.4, 0.5) is 5.69 Å². The number of carbonyl (C=O) groups is 2. The van der Waals surface area contributed by atoms with E-state index in [2.05, 4.69) is 5.32 Å². The Kier molecular flexibility index (Phi) is 6.61. The van der Waals surface area contributed by atoms with Gasteiger partial charge in [-0.2, -0.15) is 0 Å². The molecule has 7 heteroatoms. The van der Waals surface area contributed by atoms with Crippen LogP contribution < -0.4 is 5.32 Å². The Morgan fingerprint density at radius 3 is 2.21 bits per heavy atom. The number of hydrogen-bond donors (Lipinski definition) is 1. The van der Waals surface area contributed by atoms with Crippen molar-refractivity contribution in [3.05, 3.63) is 58.7 Å². The molecular weight excluding hydrogens is 378 g/mol. The molecule has 0 fully saturated rings. The number of esters is 1. The summed E-state index contributed by atoms with van der Waals surface area (Å²) >= 11 is 0. The van der Waals surface area contributed by atoms with Crippen LogP contribution in [0.3, 0.4) is 0 Å². The molecule has 28 heavy (non-hydrogen) atoms. The Balaban J connectivity index is 2.19. The summed E-state index contributed by atoms with van der Waals surface area (Å²) in [5, 5.41) is 2.78. The van der Waals surface area contributed by atoms with E-state index in [0.29, 0.717) is 5.69 Å². The lowest BCUT2D eigenvalue weighted by Gasteiger charge is -2.17. The Morgan fingerprint density at radius 1 is 1.07 bits per heavy atom. The zero-order valence-corrected chi connectivity index (χ0v) is 17.5. The molecule has 1 N–H and O–H groups in total. The number of ether oxygens (including phenoxy) is 1. The van der Waals surface area contributed by atoms with E-state index in [4.69, 9.17) is 4.74 Å². The molecular formula is C21H25NO5S. The highest BCUT2D eigenvalue weighted by atomic mass is 32.2. The van der Waals surface area contributed by atoms with Crippen molar-refractivity contribution < 1.29 is 22.7 Å². The Morgan fingerprint density at radius 2 is 1.64 bits per heavy atom. The van der Waals surface area contributed by atoms with Crippen LogP contribution in [0.15, 0.2) is 41.3 Å². The van der Waals surface area contributed by atoms with Gasteiger partial charge in [-0.25, -0.2) is 13.2 Å². The molecule has 0 aliphatic heterocycles. The number of anilines is 1. The second kappa shape index (κ2) is 8.56. The molecule has 2 rings (SSSR count). The average Bonchev–Trinajstić information content (AvgIpc) is 2.64. The molecule has 0 aliphatic carbocycles. The Hall–Kier alpha value is -2.67. The quantitative estimate of drug-likeness (QED) is 0.745. The lowest BCUT2D eigenvalue weighted by molar-refractivity contribution is -0.123. The first-order valence-corrected chi connectivity index (χ1v) is 10.6. The third-order valence-corrected chi connectivity index (χ3v) is 6.19. The minimum atomic E-state index is -3.60. The van der Waals surface area contributed by atoms with Gasteiger partial charge in [-0.15, -0.1) is 0 Å². The number of carbonyl (C=O) groups excluding carboxylic acids is 2. The highest BCUT2D eigenvalue weighted by Crippen LogP contribution is 2.23. The van der Waals surface area contributed by atoms with Crippen molar-refractivity contribution in [1.82, 2.24) is 0 Å². The molecule has 0 heterocycles. The molecule has 0 unspecified atom stereocenters. The van der Waals surface area contributed by atoms with Gasteiger partial charge >= 0.3 is 5.97 Å². The van der Waals surface area contributed by atoms with Gasteiger partial charge in [-0.1, -0.05) is 36.8 Å². The van der Waals surface area contributed by atoms with E-state index >= 15 is 0 Å². The molecule has 6 nitrogen and oxygen atoms in total. The molecule has 150 valence electrons. The molecule has 1 atom stereocenters. The van der Waals surface area contributed by atoms with Crippen LogP contribution in [0, 0.1) is 20.8 Å². The summed E-state index contributed by atoms with van der Waals surface area (Å²) in [5.41, 5.74) is 3.49. The van der Waals surface area contributed by atoms with Gasteiger partial charge in [0.15, 0.2) is 15.9 Å². The third kappa shape index (κ3) is 4.78. The minimum absolute atomic E-state index is 0.0771. The van der Waals surface area contributed by atoms with Crippen LogP contribution in [0.5, 0.6) is 0 Å². The predicted molar refractivity (Wildman–Crippen MR) is 108 cm³/mol. The van der Waals surface area contributed by atoms with Crippen LogP contribution >= 0.6 is 0 Å². The van der Waals surface area contributed by atoms with E-state index in [1.807, 2.05) is 32.9 Å². The van der Waals surface area contributed by atoms with E-state index in [1.54, 1.807) is 12.1 Å². The normalized spacial score (nSPS) is 12.3. The average molecular weight is 404 g/mol. The summed E-state index contributed by atoms with van der Waals surface area (Å²) in [7, 11) is -3.60. The van der Waals surface area contributed by atoms with Crippen LogP contribution in [-0.4, -0.2) is 32.2 Å². The first-order valence-electron chi connectivity index (χ1n) is 8.98. The van der Waals surface area contributed by atoms with E-state index < -0.39 is 27.8 Å². The lowest BCUT2D eigenvalue weighted by Crippen LogP contribution is -2.31. The summed E-state index contributed by atoms with van der Waals surface area (Å²) in [6.07, 6.45) is -1.09. The topological polar surface area (TPSA) is 89.5 Å². The standard InChI is InChI=1S/C21H25NO5S/c1-6-28(25,26)18-10-8-7-9-17(18)21(24)27-16(5)20(23)22-19-14(3)11-13(2)12-15(19)4/h7-12,16H,6H2,1-5H3,(H,22,23)/t16-/m0/s1. The SMILES string of the molecule is CCS(=O)(=O)c1ccccc1C(=O)O[C@@H](C)C(=O)Nc1c(C)cc(C)cc1C. The van der Waals surface area contributed by atoms with Crippen LogP contribution in [0.2, 0.25) is 0 Å². The fourth-order valence-electron chi connectivity index (χ4n) is 2.94. The summed E-state index contributed by atoms with van der Waals surface area (Å²) in [6, 6.07) is 9.73. The number of benzene rings is 2. The molecule has 0 aromatic heterocycles. The zero-order valence-electron chi connectivity index (χ0n) is 16.7. The van der Waals surface area contributed by atoms with E-state index in [9.17, 15) is 18.0 Å². The molecule has 1 amide bonds. The number of hydrogen-bond acceptors (Lipinski definition) is 5. The summed E-state index contributed by atoms with van der Waals surface area (Å²) in [4.78, 5) is 24.9. The second-order valence-corrected chi connectivity index (χ2v) is 8.96. The van der Waals surface area contributed by atoms with Gasteiger partial charge in [0.1, 0.15) is 0 Å². The van der Waals surface area contributed by atoms with Crippen molar-refractivity contribution in [2.45, 2.75) is 45.6 Å². The van der Waals surface area contributed by atoms with Crippen molar-refractivity contribution in [3.8, 4) is 0 Å². The van der Waals surface area contributed by atoms with Crippen LogP contribution in [0.25, 0.3) is 0 Å². The summed E-state index contributed by atoms with van der Waals surface area (Å²) in [5.74, 6) is -1.48. The number of aryl methyl sites for hydroxylation is 3. The monoisotopic (exact) mass is 403 g/mol. The van der Waals surface area contributed by atoms with E-state index in [1.165, 1.54) is 26.0 Å². The lowest BCUT2D eigenvalue weighted by atomic mass is 10.0. The largest absolute Gasteiger partial charge is 0.449 e. The van der Waals surface area contributed by atoms with Gasteiger partial charge in [0.2, 0.25) is 0 Å². The Labute approximate surface area is 165 Å². The maximum Gasteiger partial charge on any atom is 0.340 e. The molecule has 0 saturated heterocycles. The van der Waals surface area contributed by atoms with Crippen LogP contribution in [0.1, 0.15) is 40.9 Å². The molecule has 0 radical (unpaired) electrons. The van der Waals surface area contributed by atoms with Gasteiger partial charge in [0.05, 0.1) is 16.2 Å². The number of amides is 1. The van der Waals surface area contributed by atoms with Gasteiger partial charge in [-0.05, 0) is 51.0 Å². The minimum Gasteiger partial charge on any atom is -0.449 e. The number of sulfone groups is 1. The maximum atomic E-state index is 12.5. The van der Waals surface area contributed by atoms with Crippen molar-refractivity contribution in [2.24, 2.45) is 0 Å². The van der Waals surface area contributed by atoms with E-state index in [0.717, 1.165) is 16.7 Å². The smallest absolute Gasteiger partial charge is 0.340 e. The van der Waals surface area contributed by atoms with Gasteiger partial charge in [-0.3, -0.25) is 4.79 Å². The zero-order chi connectivity index (χ0) is 21.1.